The Morgan fingerprint density at radius 1 is 1.40 bits per heavy atom. The summed E-state index contributed by atoms with van der Waals surface area (Å²) in [6.07, 6.45) is 2.46. The first kappa shape index (κ1) is 19.0. The van der Waals surface area contributed by atoms with E-state index < -0.39 is 6.04 Å². The highest BCUT2D eigenvalue weighted by molar-refractivity contribution is 6.32. The van der Waals surface area contributed by atoms with E-state index in [9.17, 15) is 4.79 Å². The van der Waals surface area contributed by atoms with Crippen LogP contribution in [0.15, 0.2) is 18.2 Å². The first-order valence-electron chi connectivity index (χ1n) is 6.57. The van der Waals surface area contributed by atoms with E-state index >= 15 is 0 Å². The standard InChI is InChI=1S/C14H21ClN2O2.ClH/c1-3-5-12(16)14(18)17-10-6-7-13(11(15)9-10)19-8-4-2;/h6-7,9,12H,3-5,8,16H2,1-2H3,(H,17,18);1H. The van der Waals surface area contributed by atoms with Crippen molar-refractivity contribution in [2.45, 2.75) is 39.2 Å². The molecule has 0 fully saturated rings. The van der Waals surface area contributed by atoms with Crippen molar-refractivity contribution in [2.24, 2.45) is 5.73 Å². The fourth-order valence-corrected chi connectivity index (χ4v) is 1.82. The molecule has 1 amide bonds. The Hall–Kier alpha value is -0.970. The zero-order valence-corrected chi connectivity index (χ0v) is 13.4. The summed E-state index contributed by atoms with van der Waals surface area (Å²) in [5.41, 5.74) is 6.37. The lowest BCUT2D eigenvalue weighted by atomic mass is 10.1. The van der Waals surface area contributed by atoms with Gasteiger partial charge in [-0.3, -0.25) is 4.79 Å². The highest BCUT2D eigenvalue weighted by atomic mass is 35.5. The predicted molar refractivity (Wildman–Crippen MR) is 86.0 cm³/mol. The van der Waals surface area contributed by atoms with Crippen LogP contribution in [0.4, 0.5) is 5.69 Å². The molecule has 0 spiro atoms. The molecule has 6 heteroatoms. The molecular formula is C14H22Cl2N2O2. The largest absolute Gasteiger partial charge is 0.492 e. The maximum Gasteiger partial charge on any atom is 0.241 e. The van der Waals surface area contributed by atoms with Gasteiger partial charge in [-0.25, -0.2) is 0 Å². The molecule has 1 rings (SSSR count). The van der Waals surface area contributed by atoms with Gasteiger partial charge in [-0.1, -0.05) is 31.9 Å². The highest BCUT2D eigenvalue weighted by Crippen LogP contribution is 2.27. The molecule has 0 aliphatic rings. The molecule has 0 bridgehead atoms. The number of nitrogens with one attached hydrogen (secondary N) is 1. The zero-order valence-electron chi connectivity index (χ0n) is 11.8. The van der Waals surface area contributed by atoms with E-state index in [4.69, 9.17) is 22.1 Å². The van der Waals surface area contributed by atoms with Crippen molar-refractivity contribution >= 4 is 35.6 Å². The van der Waals surface area contributed by atoms with Crippen molar-refractivity contribution in [3.8, 4) is 5.75 Å². The third-order valence-corrected chi connectivity index (χ3v) is 2.89. The van der Waals surface area contributed by atoms with E-state index in [0.29, 0.717) is 29.5 Å². The summed E-state index contributed by atoms with van der Waals surface area (Å²) in [6, 6.07) is 4.69. The number of hydrogen-bond donors (Lipinski definition) is 2. The highest BCUT2D eigenvalue weighted by Gasteiger charge is 2.13. The van der Waals surface area contributed by atoms with Crippen LogP contribution in [0.5, 0.6) is 5.75 Å². The van der Waals surface area contributed by atoms with Crippen molar-refractivity contribution in [1.82, 2.24) is 0 Å². The fourth-order valence-electron chi connectivity index (χ4n) is 1.58. The molecule has 0 aliphatic heterocycles. The summed E-state index contributed by atoms with van der Waals surface area (Å²) in [6.45, 7) is 4.63. The Balaban J connectivity index is 0.00000361. The van der Waals surface area contributed by atoms with Crippen LogP contribution in [0.25, 0.3) is 0 Å². The van der Waals surface area contributed by atoms with E-state index in [1.807, 2.05) is 13.8 Å². The zero-order chi connectivity index (χ0) is 14.3. The van der Waals surface area contributed by atoms with Crippen molar-refractivity contribution in [2.75, 3.05) is 11.9 Å². The van der Waals surface area contributed by atoms with Crippen LogP contribution < -0.4 is 15.8 Å². The van der Waals surface area contributed by atoms with Gasteiger partial charge in [0.1, 0.15) is 5.75 Å². The molecule has 4 nitrogen and oxygen atoms in total. The van der Waals surface area contributed by atoms with E-state index in [2.05, 4.69) is 5.32 Å². The molecule has 1 unspecified atom stereocenters. The molecule has 3 N–H and O–H groups in total. The summed E-state index contributed by atoms with van der Waals surface area (Å²) in [4.78, 5) is 11.8. The SMILES string of the molecule is CCCOc1ccc(NC(=O)C(N)CCC)cc1Cl.Cl. The van der Waals surface area contributed by atoms with Gasteiger partial charge >= 0.3 is 0 Å². The monoisotopic (exact) mass is 320 g/mol. The molecule has 1 atom stereocenters. The van der Waals surface area contributed by atoms with E-state index in [1.54, 1.807) is 18.2 Å². The van der Waals surface area contributed by atoms with Crippen LogP contribution in [0.1, 0.15) is 33.1 Å². The second kappa shape index (κ2) is 9.86. The molecule has 114 valence electrons. The van der Waals surface area contributed by atoms with Gasteiger partial charge in [0.05, 0.1) is 17.7 Å². The van der Waals surface area contributed by atoms with Gasteiger partial charge < -0.3 is 15.8 Å². The van der Waals surface area contributed by atoms with E-state index in [-0.39, 0.29) is 18.3 Å². The number of carbonyl (C=O) groups is 1. The number of amides is 1. The summed E-state index contributed by atoms with van der Waals surface area (Å²) in [5.74, 6) is 0.430. The Labute approximate surface area is 131 Å². The molecular weight excluding hydrogens is 299 g/mol. The fraction of sp³-hybridized carbons (Fsp3) is 0.500. The number of rotatable bonds is 7. The molecule has 1 aromatic rings. The molecule has 1 aromatic carbocycles. The average molecular weight is 321 g/mol. The number of anilines is 1. The number of nitrogens with two attached hydrogens (primary N) is 1. The minimum atomic E-state index is -0.486. The number of carbonyl (C=O) groups excluding carboxylic acids is 1. The summed E-state index contributed by atoms with van der Waals surface area (Å²) in [5, 5.41) is 3.23. The van der Waals surface area contributed by atoms with Crippen LogP contribution in [0, 0.1) is 0 Å². The number of halogens is 2. The van der Waals surface area contributed by atoms with Crippen molar-refractivity contribution in [1.29, 1.82) is 0 Å². The first-order chi connectivity index (χ1) is 9.08. The van der Waals surface area contributed by atoms with Crippen LogP contribution in [-0.4, -0.2) is 18.6 Å². The van der Waals surface area contributed by atoms with Gasteiger partial charge in [0.2, 0.25) is 5.91 Å². The van der Waals surface area contributed by atoms with Crippen LogP contribution in [-0.2, 0) is 4.79 Å². The van der Waals surface area contributed by atoms with Crippen molar-refractivity contribution < 1.29 is 9.53 Å². The quantitative estimate of drug-likeness (QED) is 0.806. The number of ether oxygens (including phenoxy) is 1. The lowest BCUT2D eigenvalue weighted by Crippen LogP contribution is -2.35. The summed E-state index contributed by atoms with van der Waals surface area (Å²) in [7, 11) is 0. The predicted octanol–water partition coefficient (Wildman–Crippen LogP) is 3.62. The van der Waals surface area contributed by atoms with E-state index in [1.165, 1.54) is 0 Å². The van der Waals surface area contributed by atoms with Crippen molar-refractivity contribution in [3.05, 3.63) is 23.2 Å². The minimum absolute atomic E-state index is 0. The van der Waals surface area contributed by atoms with Gasteiger partial charge in [0.15, 0.2) is 0 Å². The normalized spacial score (nSPS) is 11.4. The maximum absolute atomic E-state index is 11.8. The smallest absolute Gasteiger partial charge is 0.241 e. The summed E-state index contributed by atoms with van der Waals surface area (Å²) >= 11 is 6.08. The number of benzene rings is 1. The molecule has 20 heavy (non-hydrogen) atoms. The molecule has 0 radical (unpaired) electrons. The van der Waals surface area contributed by atoms with Crippen molar-refractivity contribution in [3.63, 3.8) is 0 Å². The van der Waals surface area contributed by atoms with Crippen LogP contribution in [0.3, 0.4) is 0 Å². The van der Waals surface area contributed by atoms with Crippen LogP contribution >= 0.6 is 24.0 Å². The molecule has 0 heterocycles. The molecule has 0 aromatic heterocycles. The Bertz CT molecular complexity index is 428. The molecule has 0 aliphatic carbocycles. The second-order valence-electron chi connectivity index (χ2n) is 4.38. The van der Waals surface area contributed by atoms with E-state index in [0.717, 1.165) is 12.8 Å². The molecule has 0 saturated carbocycles. The van der Waals surface area contributed by atoms with Gasteiger partial charge in [-0.2, -0.15) is 0 Å². The van der Waals surface area contributed by atoms with Gasteiger partial charge in [-0.05, 0) is 31.0 Å². The summed E-state index contributed by atoms with van der Waals surface area (Å²) < 4.78 is 5.46. The lowest BCUT2D eigenvalue weighted by molar-refractivity contribution is -0.117. The maximum atomic E-state index is 11.8. The third kappa shape index (κ3) is 5.99. The van der Waals surface area contributed by atoms with Gasteiger partial charge in [0.25, 0.3) is 0 Å². The first-order valence-corrected chi connectivity index (χ1v) is 6.95. The average Bonchev–Trinajstić information content (AvgIpc) is 2.38. The topological polar surface area (TPSA) is 64.3 Å². The Morgan fingerprint density at radius 3 is 2.65 bits per heavy atom. The Kier molecular flexibility index (Phi) is 9.38. The van der Waals surface area contributed by atoms with Gasteiger partial charge in [0, 0.05) is 5.69 Å². The Morgan fingerprint density at radius 2 is 2.10 bits per heavy atom. The minimum Gasteiger partial charge on any atom is -0.492 e. The number of hydrogen-bond acceptors (Lipinski definition) is 3. The lowest BCUT2D eigenvalue weighted by Gasteiger charge is -2.12. The van der Waals surface area contributed by atoms with Crippen LogP contribution in [0.2, 0.25) is 5.02 Å². The second-order valence-corrected chi connectivity index (χ2v) is 4.79. The third-order valence-electron chi connectivity index (χ3n) is 2.60. The van der Waals surface area contributed by atoms with Gasteiger partial charge in [-0.15, -0.1) is 12.4 Å². The molecule has 0 saturated heterocycles.